The van der Waals surface area contributed by atoms with Crippen molar-refractivity contribution in [1.82, 2.24) is 5.06 Å². The summed E-state index contributed by atoms with van der Waals surface area (Å²) in [4.78, 5) is 12.0. The maximum Gasteiger partial charge on any atom is 0.338 e. The SMILES string of the molecule is COC(=O)c1cccc2c(C3=[N+]([O-])C(C)(C)C(C)(C)N3[O])cccc12. The van der Waals surface area contributed by atoms with Gasteiger partial charge >= 0.3 is 11.8 Å². The minimum atomic E-state index is -0.897. The van der Waals surface area contributed by atoms with Gasteiger partial charge in [-0.25, -0.2) is 4.79 Å². The molecule has 0 saturated carbocycles. The van der Waals surface area contributed by atoms with Crippen LogP contribution in [0.5, 0.6) is 0 Å². The molecule has 0 aromatic heterocycles. The number of carbonyl (C=O) groups is 1. The average Bonchev–Trinajstić information content (AvgIpc) is 2.71. The molecule has 0 atom stereocenters. The van der Waals surface area contributed by atoms with E-state index in [1.54, 1.807) is 64.1 Å². The van der Waals surface area contributed by atoms with Gasteiger partial charge in [0.25, 0.3) is 0 Å². The Balaban J connectivity index is 2.31. The van der Waals surface area contributed by atoms with E-state index in [9.17, 15) is 15.2 Å². The molecule has 6 nitrogen and oxygen atoms in total. The van der Waals surface area contributed by atoms with Crippen molar-refractivity contribution in [2.24, 2.45) is 0 Å². The summed E-state index contributed by atoms with van der Waals surface area (Å²) < 4.78 is 5.61. The third-order valence-corrected chi connectivity index (χ3v) is 5.47. The van der Waals surface area contributed by atoms with E-state index in [-0.39, 0.29) is 5.84 Å². The molecular weight excluding hydrogens is 320 g/mol. The molecule has 0 N–H and O–H groups in total. The highest BCUT2D eigenvalue weighted by Crippen LogP contribution is 2.38. The fourth-order valence-electron chi connectivity index (χ4n) is 3.12. The van der Waals surface area contributed by atoms with Crippen molar-refractivity contribution in [3.63, 3.8) is 0 Å². The molecule has 0 aliphatic carbocycles. The first-order valence-electron chi connectivity index (χ1n) is 8.06. The Morgan fingerprint density at radius 3 is 2.24 bits per heavy atom. The molecule has 1 aliphatic heterocycles. The van der Waals surface area contributed by atoms with Gasteiger partial charge in [0.2, 0.25) is 0 Å². The van der Waals surface area contributed by atoms with Crippen LogP contribution in [0, 0.1) is 5.21 Å². The first kappa shape index (κ1) is 17.2. The van der Waals surface area contributed by atoms with Crippen LogP contribution in [0.1, 0.15) is 43.6 Å². The number of nitrogens with zero attached hydrogens (tertiary/aromatic N) is 2. The lowest BCUT2D eigenvalue weighted by Crippen LogP contribution is -2.53. The van der Waals surface area contributed by atoms with Gasteiger partial charge in [0, 0.05) is 5.21 Å². The van der Waals surface area contributed by atoms with Crippen molar-refractivity contribution < 1.29 is 19.5 Å². The highest BCUT2D eigenvalue weighted by atomic mass is 16.5. The van der Waals surface area contributed by atoms with Gasteiger partial charge in [-0.15, -0.1) is 0 Å². The van der Waals surface area contributed by atoms with Gasteiger partial charge < -0.3 is 9.94 Å². The van der Waals surface area contributed by atoms with E-state index < -0.39 is 17.0 Å². The summed E-state index contributed by atoms with van der Waals surface area (Å²) in [6.07, 6.45) is 0. The predicted molar refractivity (Wildman–Crippen MR) is 93.7 cm³/mol. The number of amidine groups is 1. The number of fused-ring (bicyclic) bond motifs is 1. The van der Waals surface area contributed by atoms with Crippen LogP contribution >= 0.6 is 0 Å². The quantitative estimate of drug-likeness (QED) is 0.478. The summed E-state index contributed by atoms with van der Waals surface area (Å²) in [5.41, 5.74) is -0.890. The Labute approximate surface area is 146 Å². The standard InChI is InChI=1S/C19H21N2O4/c1-18(2)19(3,4)21(24)16(20(18)23)14-10-6-9-13-12(14)8-7-11-15(13)17(22)25-5/h6-11H,1-5H3. The Morgan fingerprint density at radius 2 is 1.68 bits per heavy atom. The number of hydrogen-bond donors (Lipinski definition) is 0. The largest absolute Gasteiger partial charge is 0.714 e. The topological polar surface area (TPSA) is 75.5 Å². The molecule has 0 saturated heterocycles. The van der Waals surface area contributed by atoms with Crippen molar-refractivity contribution in [3.05, 3.63) is 52.7 Å². The molecular formula is C19H21N2O4. The summed E-state index contributed by atoms with van der Waals surface area (Å²) >= 11 is 0. The molecule has 0 amide bonds. The van der Waals surface area contributed by atoms with Gasteiger partial charge in [-0.2, -0.15) is 0 Å². The van der Waals surface area contributed by atoms with Crippen LogP contribution in [0.25, 0.3) is 10.8 Å². The number of benzene rings is 2. The predicted octanol–water partition coefficient (Wildman–Crippen LogP) is 3.10. The summed E-state index contributed by atoms with van der Waals surface area (Å²) in [5.74, 6) is -0.402. The molecule has 0 fully saturated rings. The minimum Gasteiger partial charge on any atom is -0.714 e. The smallest absolute Gasteiger partial charge is 0.338 e. The molecule has 1 aliphatic rings. The van der Waals surface area contributed by atoms with E-state index >= 15 is 0 Å². The normalized spacial score (nSPS) is 18.7. The monoisotopic (exact) mass is 341 g/mol. The number of ether oxygens (including phenoxy) is 1. The number of esters is 1. The lowest BCUT2D eigenvalue weighted by Gasteiger charge is -2.32. The molecule has 131 valence electrons. The van der Waals surface area contributed by atoms with E-state index in [2.05, 4.69) is 0 Å². The fourth-order valence-corrected chi connectivity index (χ4v) is 3.12. The van der Waals surface area contributed by atoms with E-state index in [1.165, 1.54) is 7.11 Å². The zero-order chi connectivity index (χ0) is 18.6. The minimum absolute atomic E-state index is 0.0580. The van der Waals surface area contributed by atoms with Crippen molar-refractivity contribution in [2.45, 2.75) is 38.8 Å². The molecule has 3 rings (SSSR count). The van der Waals surface area contributed by atoms with E-state index in [0.29, 0.717) is 21.9 Å². The highest BCUT2D eigenvalue weighted by molar-refractivity contribution is 6.13. The third-order valence-electron chi connectivity index (χ3n) is 5.47. The Hall–Kier alpha value is -2.60. The lowest BCUT2D eigenvalue weighted by atomic mass is 9.84. The van der Waals surface area contributed by atoms with Gasteiger partial charge in [0.15, 0.2) is 5.54 Å². The number of carbonyl (C=O) groups excluding carboxylic acids is 1. The molecule has 25 heavy (non-hydrogen) atoms. The van der Waals surface area contributed by atoms with Crippen LogP contribution in [0.2, 0.25) is 0 Å². The summed E-state index contributed by atoms with van der Waals surface area (Å²) in [6.45, 7) is 7.01. The number of rotatable bonds is 2. The van der Waals surface area contributed by atoms with E-state index in [0.717, 1.165) is 9.80 Å². The van der Waals surface area contributed by atoms with Gasteiger partial charge in [-0.3, -0.25) is 4.74 Å². The van der Waals surface area contributed by atoms with Gasteiger partial charge in [-0.05, 0) is 50.6 Å². The molecule has 1 heterocycles. The maximum atomic E-state index is 12.9. The first-order valence-corrected chi connectivity index (χ1v) is 8.06. The highest BCUT2D eigenvalue weighted by Gasteiger charge is 2.60. The maximum absolute atomic E-state index is 12.9. The van der Waals surface area contributed by atoms with Crippen molar-refractivity contribution in [2.75, 3.05) is 7.11 Å². The van der Waals surface area contributed by atoms with Gasteiger partial charge in [0.1, 0.15) is 5.54 Å². The second-order valence-electron chi connectivity index (χ2n) is 7.23. The number of hydroxylamine groups is 3. The summed E-state index contributed by atoms with van der Waals surface area (Å²) in [6, 6.07) is 10.4. The number of hydrogen-bond acceptors (Lipinski definition) is 4. The zero-order valence-electron chi connectivity index (χ0n) is 15.0. The van der Waals surface area contributed by atoms with E-state index in [1.807, 2.05) is 0 Å². The van der Waals surface area contributed by atoms with Crippen molar-refractivity contribution >= 4 is 22.6 Å². The number of methoxy groups -OCH3 is 1. The van der Waals surface area contributed by atoms with Crippen LogP contribution in [0.3, 0.4) is 0 Å². The van der Waals surface area contributed by atoms with Crippen LogP contribution in [-0.4, -0.2) is 39.8 Å². The fraction of sp³-hybridized carbons (Fsp3) is 0.368. The summed E-state index contributed by atoms with van der Waals surface area (Å²) in [5, 5.41) is 27.9. The lowest BCUT2D eigenvalue weighted by molar-refractivity contribution is -0.539. The molecule has 0 unspecified atom stereocenters. The van der Waals surface area contributed by atoms with Gasteiger partial charge in [-0.1, -0.05) is 29.3 Å². The van der Waals surface area contributed by atoms with Crippen molar-refractivity contribution in [3.8, 4) is 0 Å². The third kappa shape index (κ3) is 2.21. The second-order valence-corrected chi connectivity index (χ2v) is 7.23. The Morgan fingerprint density at radius 1 is 1.08 bits per heavy atom. The van der Waals surface area contributed by atoms with Crippen LogP contribution in [-0.2, 0) is 9.94 Å². The zero-order valence-corrected chi connectivity index (χ0v) is 15.0. The van der Waals surface area contributed by atoms with Crippen LogP contribution in [0.15, 0.2) is 36.4 Å². The van der Waals surface area contributed by atoms with E-state index in [4.69, 9.17) is 4.74 Å². The molecule has 1 radical (unpaired) electrons. The molecule has 0 bridgehead atoms. The molecule has 2 aromatic rings. The Kier molecular flexibility index (Phi) is 3.76. The molecule has 2 aromatic carbocycles. The van der Waals surface area contributed by atoms with Crippen LogP contribution in [0.4, 0.5) is 0 Å². The van der Waals surface area contributed by atoms with Gasteiger partial charge in [0.05, 0.1) is 18.2 Å². The second kappa shape index (κ2) is 5.46. The Bertz CT molecular complexity index is 899. The molecule has 6 heteroatoms. The van der Waals surface area contributed by atoms with Crippen molar-refractivity contribution in [1.29, 1.82) is 0 Å². The average molecular weight is 341 g/mol. The first-order chi connectivity index (χ1) is 11.6. The summed E-state index contributed by atoms with van der Waals surface area (Å²) in [7, 11) is 1.32. The van der Waals surface area contributed by atoms with Crippen LogP contribution < -0.4 is 0 Å². The molecule has 0 spiro atoms.